The summed E-state index contributed by atoms with van der Waals surface area (Å²) in [5.41, 5.74) is 25.1. The molecule has 0 aromatic heterocycles. The average Bonchev–Trinajstić information content (AvgIpc) is 2.81. The molecule has 0 amide bonds. The van der Waals surface area contributed by atoms with E-state index in [9.17, 15) is 14.4 Å². The lowest BCUT2D eigenvalue weighted by Crippen LogP contribution is -2.36. The lowest BCUT2D eigenvalue weighted by atomic mass is 10.1. The monoisotopic (exact) mass is 576 g/mol. The summed E-state index contributed by atoms with van der Waals surface area (Å²) in [6, 6.07) is -1.51. The van der Waals surface area contributed by atoms with E-state index in [0.29, 0.717) is 31.7 Å². The number of aliphatic hydroxyl groups excluding tert-OH is 4. The Morgan fingerprint density at radius 2 is 1.28 bits per heavy atom. The second-order valence-electron chi connectivity index (χ2n) is 9.32. The molecule has 0 aliphatic rings. The van der Waals surface area contributed by atoms with Crippen molar-refractivity contribution >= 4 is 23.9 Å². The highest BCUT2D eigenvalue weighted by atomic mass is 16.4. The van der Waals surface area contributed by atoms with Gasteiger partial charge in [-0.25, -0.2) is 0 Å². The molecule has 17 nitrogen and oxygen atoms in total. The number of rotatable bonds is 13. The Balaban J connectivity index is -0.000000128. The fraction of sp³-hybridized carbons (Fsp3) is 0.818. The third-order valence-corrected chi connectivity index (χ3v) is 3.69. The van der Waals surface area contributed by atoms with E-state index in [0.717, 1.165) is 11.0 Å². The molecule has 0 saturated carbocycles. The fourth-order valence-electron chi connectivity index (χ4n) is 1.61. The van der Waals surface area contributed by atoms with Gasteiger partial charge >= 0.3 is 17.9 Å². The van der Waals surface area contributed by atoms with Crippen LogP contribution in [0.5, 0.6) is 0 Å². The lowest BCUT2D eigenvalue weighted by Gasteiger charge is -2.21. The van der Waals surface area contributed by atoms with Gasteiger partial charge in [-0.05, 0) is 25.2 Å². The van der Waals surface area contributed by atoms with Crippen molar-refractivity contribution in [2.75, 3.05) is 60.6 Å². The summed E-state index contributed by atoms with van der Waals surface area (Å²) in [6.45, 7) is 4.42. The van der Waals surface area contributed by atoms with Gasteiger partial charge < -0.3 is 68.9 Å². The standard InChI is InChI=1S/C6H14N4O2.C6H13NO2.C5H14NO.C3H8O3.C2H5NO2/c7-4(5(11)12)2-1-3-10-6(8)9;1-4(2)3-5(7)6(8)9;1-6(2,3)4-5-7;4-1-3(6)2-5;3-1-2(4)5/h4H,1-3,7H2,(H,11,12)(H4,8,9,10);4-5H,3,7H2,1-2H3,(H,8,9);7H,4-5H2,1-3H3;3-6H,1-2H2;1,3H2,(H,4,5)/q;;+1;;. The molecule has 17 N–H and O–H groups in total. The Hall–Kier alpha value is -2.64. The number of aliphatic hydroxyl groups is 4. The third-order valence-electron chi connectivity index (χ3n) is 3.69. The molecular formula is C22H54N7O10+. The van der Waals surface area contributed by atoms with Gasteiger partial charge in [0.1, 0.15) is 24.7 Å². The second kappa shape index (κ2) is 29.9. The van der Waals surface area contributed by atoms with Gasteiger partial charge in [0.2, 0.25) is 0 Å². The van der Waals surface area contributed by atoms with Crippen LogP contribution < -0.4 is 28.7 Å². The number of carbonyl (C=O) groups is 3. The number of nitrogens with two attached hydrogens (primary N) is 5. The number of aliphatic carboxylic acids is 3. The molecule has 39 heavy (non-hydrogen) atoms. The number of quaternary nitrogens is 1. The van der Waals surface area contributed by atoms with Gasteiger partial charge in [-0.3, -0.25) is 19.4 Å². The van der Waals surface area contributed by atoms with E-state index in [-0.39, 0.29) is 32.3 Å². The van der Waals surface area contributed by atoms with Gasteiger partial charge in [-0.1, -0.05) is 13.8 Å². The minimum absolute atomic E-state index is 0.0129. The molecule has 0 aromatic carbocycles. The van der Waals surface area contributed by atoms with Crippen LogP contribution in [0.3, 0.4) is 0 Å². The first-order valence-corrected chi connectivity index (χ1v) is 12.0. The van der Waals surface area contributed by atoms with Crippen molar-refractivity contribution in [3.8, 4) is 0 Å². The van der Waals surface area contributed by atoms with E-state index in [2.05, 4.69) is 31.9 Å². The molecule has 0 saturated heterocycles. The number of carboxylic acid groups (broad SMARTS) is 3. The summed E-state index contributed by atoms with van der Waals surface area (Å²) in [5.74, 6) is -2.51. The molecule has 0 rings (SSSR count). The molecular weight excluding hydrogens is 522 g/mol. The minimum Gasteiger partial charge on any atom is -0.480 e. The lowest BCUT2D eigenvalue weighted by molar-refractivity contribution is -0.870. The van der Waals surface area contributed by atoms with Crippen LogP contribution in [-0.4, -0.2) is 143 Å². The summed E-state index contributed by atoms with van der Waals surface area (Å²) >= 11 is 0. The number of hydrogen-bond acceptors (Lipinski definition) is 11. The van der Waals surface area contributed by atoms with Crippen molar-refractivity contribution in [2.45, 2.75) is 51.3 Å². The zero-order chi connectivity index (χ0) is 32.2. The largest absolute Gasteiger partial charge is 0.480 e. The van der Waals surface area contributed by atoms with Crippen molar-refractivity contribution in [1.82, 2.24) is 0 Å². The normalized spacial score (nSPS) is 11.5. The molecule has 0 bridgehead atoms. The van der Waals surface area contributed by atoms with E-state index in [1.807, 2.05) is 13.8 Å². The number of hydrogen-bond donors (Lipinski definition) is 12. The second-order valence-corrected chi connectivity index (χ2v) is 9.32. The number of guanidine groups is 1. The quantitative estimate of drug-likeness (QED) is 0.0429. The van der Waals surface area contributed by atoms with Crippen LogP contribution in [0, 0.1) is 5.92 Å². The summed E-state index contributed by atoms with van der Waals surface area (Å²) in [6.07, 6.45) is 0.553. The highest BCUT2D eigenvalue weighted by Gasteiger charge is 2.12. The van der Waals surface area contributed by atoms with E-state index in [1.165, 1.54) is 0 Å². The zero-order valence-electron chi connectivity index (χ0n) is 23.8. The van der Waals surface area contributed by atoms with Crippen LogP contribution in [0.25, 0.3) is 0 Å². The van der Waals surface area contributed by atoms with Crippen LogP contribution in [0.2, 0.25) is 0 Å². The van der Waals surface area contributed by atoms with Crippen molar-refractivity contribution in [3.63, 3.8) is 0 Å². The minimum atomic E-state index is -1.00. The van der Waals surface area contributed by atoms with Gasteiger partial charge in [0, 0.05) is 6.54 Å². The maximum Gasteiger partial charge on any atom is 0.320 e. The summed E-state index contributed by atoms with van der Waals surface area (Å²) in [5, 5.41) is 56.7. The Morgan fingerprint density at radius 1 is 0.872 bits per heavy atom. The predicted molar refractivity (Wildman–Crippen MR) is 147 cm³/mol. The van der Waals surface area contributed by atoms with Gasteiger partial charge in [0.05, 0.1) is 47.5 Å². The van der Waals surface area contributed by atoms with Crippen molar-refractivity contribution in [1.29, 1.82) is 0 Å². The molecule has 0 aromatic rings. The number of nitrogens with zero attached hydrogens (tertiary/aromatic N) is 2. The van der Waals surface area contributed by atoms with E-state index >= 15 is 0 Å². The van der Waals surface area contributed by atoms with Crippen LogP contribution >= 0.6 is 0 Å². The maximum atomic E-state index is 10.2. The van der Waals surface area contributed by atoms with Crippen LogP contribution in [0.4, 0.5) is 0 Å². The Kier molecular flexibility index (Phi) is 35.5. The van der Waals surface area contributed by atoms with Crippen molar-refractivity contribution in [3.05, 3.63) is 0 Å². The average molecular weight is 577 g/mol. The molecule has 2 atom stereocenters. The first-order chi connectivity index (χ1) is 17.7. The van der Waals surface area contributed by atoms with Crippen molar-refractivity contribution < 1.29 is 54.6 Å². The third kappa shape index (κ3) is 56.6. The molecule has 0 fully saturated rings. The molecule has 17 heteroatoms. The topological polar surface area (TPSA) is 335 Å². The van der Waals surface area contributed by atoms with Crippen LogP contribution in [0.1, 0.15) is 33.1 Å². The van der Waals surface area contributed by atoms with Gasteiger partial charge in [-0.15, -0.1) is 0 Å². The van der Waals surface area contributed by atoms with E-state index < -0.39 is 36.1 Å². The SMILES string of the molecule is CC(C)CC(N)C(=O)O.C[N+](C)(C)CCO.NC(N)=NCCCC(N)C(=O)O.NCC(=O)O.OCC(O)CO. The smallest absolute Gasteiger partial charge is 0.320 e. The number of carboxylic acids is 3. The summed E-state index contributed by atoms with van der Waals surface area (Å²) < 4.78 is 0.844. The fourth-order valence-corrected chi connectivity index (χ4v) is 1.61. The van der Waals surface area contributed by atoms with E-state index in [4.69, 9.17) is 58.7 Å². The molecule has 2 unspecified atom stereocenters. The van der Waals surface area contributed by atoms with Gasteiger partial charge in [0.25, 0.3) is 0 Å². The highest BCUT2D eigenvalue weighted by molar-refractivity contribution is 5.75. The van der Waals surface area contributed by atoms with Crippen molar-refractivity contribution in [2.24, 2.45) is 39.6 Å². The Labute approximate surface area is 230 Å². The van der Waals surface area contributed by atoms with Crippen LogP contribution in [0.15, 0.2) is 4.99 Å². The van der Waals surface area contributed by atoms with Crippen LogP contribution in [-0.2, 0) is 14.4 Å². The summed E-state index contributed by atoms with van der Waals surface area (Å²) in [7, 11) is 6.16. The molecule has 0 aliphatic heterocycles. The zero-order valence-corrected chi connectivity index (χ0v) is 23.8. The molecule has 0 radical (unpaired) electrons. The Bertz CT molecular complexity index is 625. The first-order valence-electron chi connectivity index (χ1n) is 12.0. The summed E-state index contributed by atoms with van der Waals surface area (Å²) in [4.78, 5) is 33.2. The van der Waals surface area contributed by atoms with E-state index in [1.54, 1.807) is 0 Å². The van der Waals surface area contributed by atoms with Gasteiger partial charge in [0.15, 0.2) is 5.96 Å². The number of aliphatic imine (C=N–C) groups is 1. The molecule has 0 heterocycles. The molecule has 0 spiro atoms. The maximum absolute atomic E-state index is 10.2. The number of likely N-dealkylation sites (N-methyl/N-ethyl adjacent to an activating group) is 1. The van der Waals surface area contributed by atoms with Gasteiger partial charge in [-0.2, -0.15) is 0 Å². The molecule has 236 valence electrons. The molecule has 0 aliphatic carbocycles. The Morgan fingerprint density at radius 3 is 1.44 bits per heavy atom. The predicted octanol–water partition coefficient (Wildman–Crippen LogP) is -4.06. The first kappa shape index (κ1) is 46.2. The highest BCUT2D eigenvalue weighted by Crippen LogP contribution is 2.01.